The fourth-order valence-corrected chi connectivity index (χ4v) is 2.65. The van der Waals surface area contributed by atoms with Gasteiger partial charge in [0.05, 0.1) is 6.10 Å². The average molecular weight is 227 g/mol. The van der Waals surface area contributed by atoms with Crippen LogP contribution in [0.25, 0.3) is 0 Å². The second-order valence-corrected chi connectivity index (χ2v) is 5.28. The molecule has 1 aliphatic carbocycles. The summed E-state index contributed by atoms with van der Waals surface area (Å²) in [5, 5.41) is 9.29. The number of rotatable bonds is 5. The monoisotopic (exact) mass is 227 g/mol. The Morgan fingerprint density at radius 2 is 2.25 bits per heavy atom. The maximum atomic E-state index is 11.8. The van der Waals surface area contributed by atoms with E-state index in [1.807, 2.05) is 7.05 Å². The summed E-state index contributed by atoms with van der Waals surface area (Å²) in [4.78, 5) is 13.9. The molecular formula is C13H25NO2. The van der Waals surface area contributed by atoms with Crippen LogP contribution in [0.3, 0.4) is 0 Å². The Balaban J connectivity index is 2.41. The van der Waals surface area contributed by atoms with Crippen LogP contribution in [-0.2, 0) is 4.79 Å². The zero-order valence-electron chi connectivity index (χ0n) is 10.8. The molecule has 1 saturated carbocycles. The van der Waals surface area contributed by atoms with Gasteiger partial charge in [0.2, 0.25) is 0 Å². The molecule has 1 fully saturated rings. The molecular weight excluding hydrogens is 202 g/mol. The summed E-state index contributed by atoms with van der Waals surface area (Å²) in [7, 11) is 1.98. The molecule has 16 heavy (non-hydrogen) atoms. The molecule has 0 aromatic carbocycles. The first-order chi connectivity index (χ1) is 7.52. The lowest BCUT2D eigenvalue weighted by Gasteiger charge is -2.30. The Morgan fingerprint density at radius 3 is 2.81 bits per heavy atom. The number of carbonyl (C=O) groups is 1. The van der Waals surface area contributed by atoms with Crippen molar-refractivity contribution in [2.24, 2.45) is 11.8 Å². The van der Waals surface area contributed by atoms with Gasteiger partial charge in [-0.05, 0) is 32.7 Å². The third-order valence-corrected chi connectivity index (χ3v) is 3.56. The number of hydrogen-bond acceptors (Lipinski definition) is 3. The lowest BCUT2D eigenvalue weighted by atomic mass is 9.79. The average Bonchev–Trinajstić information content (AvgIpc) is 2.20. The first-order valence-corrected chi connectivity index (χ1v) is 6.42. The number of hydrogen-bond donors (Lipinski definition) is 1. The molecule has 0 spiro atoms. The van der Waals surface area contributed by atoms with Gasteiger partial charge in [0, 0.05) is 25.4 Å². The molecule has 0 aromatic heterocycles. The quantitative estimate of drug-likeness (QED) is 0.777. The highest BCUT2D eigenvalue weighted by Gasteiger charge is 2.28. The molecule has 94 valence electrons. The summed E-state index contributed by atoms with van der Waals surface area (Å²) in [6.07, 6.45) is 3.74. The van der Waals surface area contributed by atoms with Crippen molar-refractivity contribution in [1.29, 1.82) is 0 Å². The molecule has 3 heteroatoms. The van der Waals surface area contributed by atoms with Gasteiger partial charge in [-0.1, -0.05) is 13.3 Å². The Morgan fingerprint density at radius 1 is 1.56 bits per heavy atom. The summed E-state index contributed by atoms with van der Waals surface area (Å²) in [6.45, 7) is 5.45. The molecule has 0 bridgehead atoms. The van der Waals surface area contributed by atoms with Crippen LogP contribution in [0.5, 0.6) is 0 Å². The topological polar surface area (TPSA) is 40.5 Å². The molecule has 0 heterocycles. The molecule has 1 aliphatic rings. The van der Waals surface area contributed by atoms with Gasteiger partial charge >= 0.3 is 0 Å². The van der Waals surface area contributed by atoms with Gasteiger partial charge in [-0.2, -0.15) is 0 Å². The van der Waals surface area contributed by atoms with Gasteiger partial charge in [-0.3, -0.25) is 4.79 Å². The van der Waals surface area contributed by atoms with Crippen molar-refractivity contribution in [1.82, 2.24) is 4.90 Å². The van der Waals surface area contributed by atoms with Crippen molar-refractivity contribution in [3.05, 3.63) is 0 Å². The molecule has 0 aromatic rings. The third kappa shape index (κ3) is 4.22. The van der Waals surface area contributed by atoms with Crippen LogP contribution in [0.4, 0.5) is 0 Å². The van der Waals surface area contributed by atoms with Crippen LogP contribution in [0, 0.1) is 11.8 Å². The van der Waals surface area contributed by atoms with Crippen LogP contribution in [0.2, 0.25) is 0 Å². The smallest absolute Gasteiger partial charge is 0.137 e. The third-order valence-electron chi connectivity index (χ3n) is 3.56. The number of Topliss-reactive ketones (excluding diaryl/α,β-unsaturated/α-hetero) is 1. The van der Waals surface area contributed by atoms with Crippen LogP contribution < -0.4 is 0 Å². The Kier molecular flexibility index (Phi) is 5.42. The fourth-order valence-electron chi connectivity index (χ4n) is 2.65. The van der Waals surface area contributed by atoms with E-state index < -0.39 is 0 Å². The second-order valence-electron chi connectivity index (χ2n) is 5.28. The zero-order chi connectivity index (χ0) is 12.1. The first-order valence-electron chi connectivity index (χ1n) is 6.42. The van der Waals surface area contributed by atoms with Crippen LogP contribution >= 0.6 is 0 Å². The molecule has 1 rings (SSSR count). The number of aliphatic hydroxyl groups is 1. The number of aliphatic hydroxyl groups excluding tert-OH is 1. The number of likely N-dealkylation sites (N-methyl/N-ethyl adjacent to an activating group) is 1. The largest absolute Gasteiger partial charge is 0.392 e. The molecule has 3 nitrogen and oxygen atoms in total. The number of carbonyl (C=O) groups excluding carboxylic acids is 1. The van der Waals surface area contributed by atoms with Crippen molar-refractivity contribution in [3.63, 3.8) is 0 Å². The summed E-state index contributed by atoms with van der Waals surface area (Å²) >= 11 is 0. The van der Waals surface area contributed by atoms with Crippen molar-refractivity contribution >= 4 is 5.78 Å². The van der Waals surface area contributed by atoms with E-state index in [0.717, 1.165) is 31.7 Å². The molecule has 0 saturated heterocycles. The zero-order valence-corrected chi connectivity index (χ0v) is 10.8. The predicted octanol–water partition coefficient (Wildman–Crippen LogP) is 1.69. The number of nitrogens with zero attached hydrogens (tertiary/aromatic N) is 1. The van der Waals surface area contributed by atoms with Gasteiger partial charge in [0.25, 0.3) is 0 Å². The minimum atomic E-state index is -0.314. The van der Waals surface area contributed by atoms with Crippen molar-refractivity contribution in [2.45, 2.75) is 45.6 Å². The lowest BCUT2D eigenvalue weighted by molar-refractivity contribution is -0.126. The molecule has 1 N–H and O–H groups in total. The maximum Gasteiger partial charge on any atom is 0.137 e. The highest BCUT2D eigenvalue weighted by Crippen LogP contribution is 2.28. The standard InChI is InChI=1S/C13H25NO2/c1-4-11-5-6-13(16)12(7-11)9-14(3)8-10(2)15/h10-12,15H,4-9H2,1-3H3. The van der Waals surface area contributed by atoms with E-state index in [4.69, 9.17) is 0 Å². The van der Waals surface area contributed by atoms with Crippen LogP contribution in [0.1, 0.15) is 39.5 Å². The van der Waals surface area contributed by atoms with Crippen LogP contribution in [0.15, 0.2) is 0 Å². The van der Waals surface area contributed by atoms with Gasteiger partial charge in [0.1, 0.15) is 5.78 Å². The number of ketones is 1. The highest BCUT2D eigenvalue weighted by atomic mass is 16.3. The van der Waals surface area contributed by atoms with Crippen molar-refractivity contribution < 1.29 is 9.90 Å². The molecule has 3 unspecified atom stereocenters. The minimum Gasteiger partial charge on any atom is -0.392 e. The van der Waals surface area contributed by atoms with Crippen LogP contribution in [-0.4, -0.2) is 42.0 Å². The Bertz CT molecular complexity index is 228. The van der Waals surface area contributed by atoms with E-state index >= 15 is 0 Å². The molecule has 3 atom stereocenters. The fraction of sp³-hybridized carbons (Fsp3) is 0.923. The first kappa shape index (κ1) is 13.7. The van der Waals surface area contributed by atoms with Gasteiger partial charge in [-0.15, -0.1) is 0 Å². The van der Waals surface area contributed by atoms with Crippen molar-refractivity contribution in [2.75, 3.05) is 20.1 Å². The minimum absolute atomic E-state index is 0.197. The summed E-state index contributed by atoms with van der Waals surface area (Å²) < 4.78 is 0. The SMILES string of the molecule is CCC1CCC(=O)C(CN(C)CC(C)O)C1. The normalized spacial score (nSPS) is 28.4. The van der Waals surface area contributed by atoms with E-state index in [1.54, 1.807) is 6.92 Å². The van der Waals surface area contributed by atoms with E-state index in [1.165, 1.54) is 6.42 Å². The lowest BCUT2D eigenvalue weighted by Crippen LogP contribution is -2.37. The Labute approximate surface area is 98.8 Å². The van der Waals surface area contributed by atoms with Gasteiger partial charge in [0.15, 0.2) is 0 Å². The van der Waals surface area contributed by atoms with E-state index in [0.29, 0.717) is 12.3 Å². The summed E-state index contributed by atoms with van der Waals surface area (Å²) in [6, 6.07) is 0. The summed E-state index contributed by atoms with van der Waals surface area (Å²) in [5.74, 6) is 1.34. The van der Waals surface area contributed by atoms with Gasteiger partial charge < -0.3 is 10.0 Å². The second kappa shape index (κ2) is 6.36. The van der Waals surface area contributed by atoms with E-state index in [2.05, 4.69) is 11.8 Å². The van der Waals surface area contributed by atoms with Gasteiger partial charge in [-0.25, -0.2) is 0 Å². The maximum absolute atomic E-state index is 11.8. The molecule has 0 radical (unpaired) electrons. The predicted molar refractivity (Wildman–Crippen MR) is 65.3 cm³/mol. The summed E-state index contributed by atoms with van der Waals surface area (Å²) in [5.41, 5.74) is 0. The molecule has 0 amide bonds. The van der Waals surface area contributed by atoms with E-state index in [9.17, 15) is 9.90 Å². The molecule has 0 aliphatic heterocycles. The van der Waals surface area contributed by atoms with E-state index in [-0.39, 0.29) is 12.0 Å². The Hall–Kier alpha value is -0.410. The van der Waals surface area contributed by atoms with Crippen molar-refractivity contribution in [3.8, 4) is 0 Å². The highest BCUT2D eigenvalue weighted by molar-refractivity contribution is 5.81.